The molecule has 2 aromatic carbocycles. The van der Waals surface area contributed by atoms with Crippen molar-refractivity contribution in [3.05, 3.63) is 75.8 Å². The summed E-state index contributed by atoms with van der Waals surface area (Å²) in [6.45, 7) is 5.87. The first-order valence-electron chi connectivity index (χ1n) is 7.19. The summed E-state index contributed by atoms with van der Waals surface area (Å²) >= 11 is 9.44. The van der Waals surface area contributed by atoms with Gasteiger partial charge in [0, 0.05) is 10.5 Å². The van der Waals surface area contributed by atoms with Crippen molar-refractivity contribution in [2.24, 2.45) is 0 Å². The highest BCUT2D eigenvalue weighted by atomic mass is 79.9. The third-order valence-corrected chi connectivity index (χ3v) is 3.80. The lowest BCUT2D eigenvalue weighted by molar-refractivity contribution is -0.128. The molecule has 24 heavy (non-hydrogen) atoms. The molecule has 0 spiro atoms. The molecule has 124 valence electrons. The first-order chi connectivity index (χ1) is 11.5. The van der Waals surface area contributed by atoms with Crippen LogP contribution in [0.5, 0.6) is 11.5 Å². The van der Waals surface area contributed by atoms with Crippen molar-refractivity contribution in [1.29, 1.82) is 0 Å². The fraction of sp³-hybridized carbons (Fsp3) is 0.105. The molecule has 0 aromatic heterocycles. The number of carbonyl (C=O) groups excluding carboxylic acids is 1. The van der Waals surface area contributed by atoms with Gasteiger partial charge in [0.05, 0.1) is 5.02 Å². The molecule has 0 aliphatic heterocycles. The van der Waals surface area contributed by atoms with E-state index < -0.39 is 5.97 Å². The molecule has 0 fully saturated rings. The third-order valence-electron chi connectivity index (χ3n) is 3.06. The highest BCUT2D eigenvalue weighted by Gasteiger charge is 2.10. The predicted molar refractivity (Wildman–Crippen MR) is 101 cm³/mol. The monoisotopic (exact) mass is 406 g/mol. The molecule has 2 rings (SSSR count). The van der Waals surface area contributed by atoms with Crippen LogP contribution >= 0.6 is 27.5 Å². The molecule has 0 N–H and O–H groups in total. The smallest absolute Gasteiger partial charge is 0.336 e. The van der Waals surface area contributed by atoms with E-state index >= 15 is 0 Å². The summed E-state index contributed by atoms with van der Waals surface area (Å²) in [4.78, 5) is 12.0. The highest BCUT2D eigenvalue weighted by molar-refractivity contribution is 9.10. The molecule has 0 amide bonds. The van der Waals surface area contributed by atoms with Gasteiger partial charge in [0.2, 0.25) is 0 Å². The topological polar surface area (TPSA) is 35.5 Å². The number of hydrogen-bond donors (Lipinski definition) is 0. The second-order valence-electron chi connectivity index (χ2n) is 4.96. The van der Waals surface area contributed by atoms with Gasteiger partial charge in [-0.15, -0.1) is 0 Å². The number of carbonyl (C=O) groups is 1. The van der Waals surface area contributed by atoms with Crippen molar-refractivity contribution in [2.45, 2.75) is 6.92 Å². The minimum atomic E-state index is -0.491. The van der Waals surface area contributed by atoms with Crippen molar-refractivity contribution >= 4 is 39.6 Å². The number of benzene rings is 2. The van der Waals surface area contributed by atoms with Gasteiger partial charge < -0.3 is 9.47 Å². The summed E-state index contributed by atoms with van der Waals surface area (Å²) in [6.07, 6.45) is 4.71. The number of esters is 1. The van der Waals surface area contributed by atoms with Crippen LogP contribution in [-0.4, -0.2) is 12.6 Å². The molecule has 0 atom stereocenters. The van der Waals surface area contributed by atoms with Crippen LogP contribution in [0.3, 0.4) is 0 Å². The maximum atomic E-state index is 12.0. The fourth-order valence-electron chi connectivity index (χ4n) is 1.95. The summed E-state index contributed by atoms with van der Waals surface area (Å²) in [5, 5.41) is 0.382. The summed E-state index contributed by atoms with van der Waals surface area (Å²) < 4.78 is 11.5. The molecular formula is C19H16BrClO3. The van der Waals surface area contributed by atoms with Gasteiger partial charge in [-0.25, -0.2) is 4.79 Å². The average molecular weight is 408 g/mol. The Labute approximate surface area is 154 Å². The van der Waals surface area contributed by atoms with Crippen LogP contribution in [0, 0.1) is 6.92 Å². The van der Waals surface area contributed by atoms with E-state index in [9.17, 15) is 4.79 Å². The summed E-state index contributed by atoms with van der Waals surface area (Å²) in [6, 6.07) is 10.9. The van der Waals surface area contributed by atoms with E-state index in [1.807, 2.05) is 37.3 Å². The predicted octanol–water partition coefficient (Wildman–Crippen LogP) is 5.59. The Balaban J connectivity index is 2.02. The van der Waals surface area contributed by atoms with Crippen molar-refractivity contribution in [3.63, 3.8) is 0 Å². The maximum absolute atomic E-state index is 12.0. The van der Waals surface area contributed by atoms with Gasteiger partial charge in [-0.2, -0.15) is 0 Å². The lowest BCUT2D eigenvalue weighted by Gasteiger charge is -2.08. The lowest BCUT2D eigenvalue weighted by Crippen LogP contribution is -2.05. The van der Waals surface area contributed by atoms with Crippen LogP contribution in [0.2, 0.25) is 5.02 Å². The van der Waals surface area contributed by atoms with Crippen LogP contribution in [0.15, 0.2) is 59.6 Å². The van der Waals surface area contributed by atoms with Gasteiger partial charge in [-0.3, -0.25) is 0 Å². The Kier molecular flexibility index (Phi) is 6.64. The molecule has 0 radical (unpaired) electrons. The summed E-state index contributed by atoms with van der Waals surface area (Å²) in [5.74, 6) is 0.615. The minimum absolute atomic E-state index is 0.364. The zero-order valence-corrected chi connectivity index (χ0v) is 15.4. The highest BCUT2D eigenvalue weighted by Crippen LogP contribution is 2.32. The van der Waals surface area contributed by atoms with Crippen LogP contribution < -0.4 is 9.47 Å². The molecule has 0 aliphatic carbocycles. The average Bonchev–Trinajstić information content (AvgIpc) is 2.55. The Hall–Kier alpha value is -2.04. The van der Waals surface area contributed by atoms with E-state index in [4.69, 9.17) is 21.1 Å². The van der Waals surface area contributed by atoms with Gasteiger partial charge >= 0.3 is 5.97 Å². The Morgan fingerprint density at radius 3 is 2.62 bits per heavy atom. The van der Waals surface area contributed by atoms with E-state index in [-0.39, 0.29) is 0 Å². The number of ether oxygens (including phenoxy) is 2. The van der Waals surface area contributed by atoms with Crippen molar-refractivity contribution in [2.75, 3.05) is 6.61 Å². The van der Waals surface area contributed by atoms with E-state index in [2.05, 4.69) is 22.5 Å². The number of rotatable bonds is 6. The normalized spacial score (nSPS) is 10.6. The van der Waals surface area contributed by atoms with E-state index in [0.717, 1.165) is 21.3 Å². The molecule has 0 saturated carbocycles. The second-order valence-corrected chi connectivity index (χ2v) is 6.28. The fourth-order valence-corrected chi connectivity index (χ4v) is 2.96. The molecule has 2 aromatic rings. The molecule has 0 saturated heterocycles. The Bertz CT molecular complexity index is 744. The third kappa shape index (κ3) is 5.25. The molecule has 3 nitrogen and oxygen atoms in total. The zero-order valence-electron chi connectivity index (χ0n) is 13.1. The van der Waals surface area contributed by atoms with Gasteiger partial charge in [0.25, 0.3) is 0 Å². The largest absolute Gasteiger partial charge is 0.490 e. The maximum Gasteiger partial charge on any atom is 0.336 e. The van der Waals surface area contributed by atoms with Crippen LogP contribution in [0.1, 0.15) is 11.1 Å². The molecule has 0 unspecified atom stereocenters. The molecular weight excluding hydrogens is 392 g/mol. The second kappa shape index (κ2) is 8.71. The van der Waals surface area contributed by atoms with Gasteiger partial charge in [-0.1, -0.05) is 52.3 Å². The Morgan fingerprint density at radius 1 is 1.29 bits per heavy atom. The molecule has 0 heterocycles. The van der Waals surface area contributed by atoms with E-state index in [0.29, 0.717) is 17.4 Å². The van der Waals surface area contributed by atoms with Crippen LogP contribution in [0.25, 0.3) is 6.08 Å². The number of aryl methyl sites for hydroxylation is 1. The van der Waals surface area contributed by atoms with E-state index in [1.54, 1.807) is 18.2 Å². The summed E-state index contributed by atoms with van der Waals surface area (Å²) in [7, 11) is 0. The van der Waals surface area contributed by atoms with Gasteiger partial charge in [0.15, 0.2) is 5.75 Å². The van der Waals surface area contributed by atoms with Crippen LogP contribution in [0.4, 0.5) is 0 Å². The SMILES string of the molecule is C=CCOc1ccc(/C=C/C(=O)Oc2c(C)cc(Br)cc2Cl)cc1. The minimum Gasteiger partial charge on any atom is -0.490 e. The zero-order chi connectivity index (χ0) is 17.5. The van der Waals surface area contributed by atoms with Crippen molar-refractivity contribution < 1.29 is 14.3 Å². The molecule has 0 aliphatic rings. The van der Waals surface area contributed by atoms with Gasteiger partial charge in [-0.05, 0) is 48.4 Å². The quantitative estimate of drug-likeness (QED) is 0.271. The Morgan fingerprint density at radius 2 is 2.00 bits per heavy atom. The van der Waals surface area contributed by atoms with Gasteiger partial charge in [0.1, 0.15) is 12.4 Å². The van der Waals surface area contributed by atoms with Crippen LogP contribution in [-0.2, 0) is 4.79 Å². The molecule has 5 heteroatoms. The summed E-state index contributed by atoms with van der Waals surface area (Å²) in [5.41, 5.74) is 1.64. The first-order valence-corrected chi connectivity index (χ1v) is 8.36. The standard InChI is InChI=1S/C19H16BrClO3/c1-3-10-23-16-7-4-14(5-8-16)6-9-18(22)24-19-13(2)11-15(20)12-17(19)21/h3-9,11-12H,1,10H2,2H3/b9-6+. The van der Waals surface area contributed by atoms with E-state index in [1.165, 1.54) is 6.08 Å². The first kappa shape index (κ1) is 18.3. The number of halogens is 2. The van der Waals surface area contributed by atoms with Crippen molar-refractivity contribution in [1.82, 2.24) is 0 Å². The van der Waals surface area contributed by atoms with Crippen molar-refractivity contribution in [3.8, 4) is 11.5 Å². The molecule has 0 bridgehead atoms. The lowest BCUT2D eigenvalue weighted by atomic mass is 10.2. The number of hydrogen-bond acceptors (Lipinski definition) is 3.